The van der Waals surface area contributed by atoms with Crippen molar-refractivity contribution in [3.8, 4) is 5.75 Å². The maximum absolute atomic E-state index is 13.6. The molecule has 13 heteroatoms. The number of fused-ring (bicyclic) bond motifs is 2. The average molecular weight is 480 g/mol. The first-order valence-electron chi connectivity index (χ1n) is 10.4. The SMILES string of the molecule is O=C(CN1CC2CC1CN2CC(=O)NC1(C(F)(F)F)CC1)Nc1cc(F)cc(OC(F)F)c1. The summed E-state index contributed by atoms with van der Waals surface area (Å²) in [5.41, 5.74) is -2.12. The van der Waals surface area contributed by atoms with Crippen LogP contribution in [-0.2, 0) is 9.59 Å². The summed E-state index contributed by atoms with van der Waals surface area (Å²) in [5, 5.41) is 4.56. The topological polar surface area (TPSA) is 73.9 Å². The van der Waals surface area contributed by atoms with Gasteiger partial charge in [0.05, 0.1) is 13.1 Å². The minimum Gasteiger partial charge on any atom is -0.435 e. The number of ether oxygens (including phenoxy) is 1. The van der Waals surface area contributed by atoms with Gasteiger partial charge in [0.1, 0.15) is 17.1 Å². The van der Waals surface area contributed by atoms with Crippen LogP contribution in [0.1, 0.15) is 19.3 Å². The summed E-state index contributed by atoms with van der Waals surface area (Å²) in [6.45, 7) is -2.45. The fourth-order valence-corrected chi connectivity index (χ4v) is 4.51. The van der Waals surface area contributed by atoms with Crippen LogP contribution in [0.2, 0.25) is 0 Å². The van der Waals surface area contributed by atoms with E-state index in [1.807, 2.05) is 4.90 Å². The fourth-order valence-electron chi connectivity index (χ4n) is 4.51. The van der Waals surface area contributed by atoms with E-state index in [2.05, 4.69) is 15.4 Å². The number of nitrogens with zero attached hydrogens (tertiary/aromatic N) is 2. The highest BCUT2D eigenvalue weighted by molar-refractivity contribution is 5.92. The van der Waals surface area contributed by atoms with Gasteiger partial charge in [0, 0.05) is 43.0 Å². The van der Waals surface area contributed by atoms with Gasteiger partial charge in [-0.3, -0.25) is 19.4 Å². The van der Waals surface area contributed by atoms with Crippen LogP contribution in [0.5, 0.6) is 5.75 Å². The smallest absolute Gasteiger partial charge is 0.411 e. The molecule has 0 spiro atoms. The van der Waals surface area contributed by atoms with Gasteiger partial charge in [-0.25, -0.2) is 4.39 Å². The van der Waals surface area contributed by atoms with Crippen molar-refractivity contribution >= 4 is 17.5 Å². The van der Waals surface area contributed by atoms with Crippen molar-refractivity contribution in [3.05, 3.63) is 24.0 Å². The molecule has 1 saturated carbocycles. The fraction of sp³-hybridized carbons (Fsp3) is 0.600. The van der Waals surface area contributed by atoms with Crippen LogP contribution in [0.25, 0.3) is 0 Å². The monoisotopic (exact) mass is 480 g/mol. The second-order valence-corrected chi connectivity index (χ2v) is 8.63. The van der Waals surface area contributed by atoms with Crippen LogP contribution in [0.15, 0.2) is 18.2 Å². The lowest BCUT2D eigenvalue weighted by Gasteiger charge is -2.33. The molecule has 2 unspecified atom stereocenters. The predicted octanol–water partition coefficient (Wildman–Crippen LogP) is 2.34. The largest absolute Gasteiger partial charge is 0.435 e. The maximum atomic E-state index is 13.6. The van der Waals surface area contributed by atoms with Gasteiger partial charge in [0.15, 0.2) is 0 Å². The lowest BCUT2D eigenvalue weighted by Crippen LogP contribution is -2.54. The number of alkyl halides is 5. The lowest BCUT2D eigenvalue weighted by atomic mass is 10.2. The van der Waals surface area contributed by atoms with Gasteiger partial charge in [-0.2, -0.15) is 22.0 Å². The lowest BCUT2D eigenvalue weighted by molar-refractivity contribution is -0.170. The van der Waals surface area contributed by atoms with E-state index in [1.54, 1.807) is 4.90 Å². The molecule has 1 aromatic carbocycles. The standard InChI is InChI=1S/C20H22F6N4O3/c21-11-3-12(5-15(4-11)33-18(22)23)27-16(31)9-29-7-14-6-13(29)8-30(14)10-17(32)28-19(1-2-19)20(24,25)26/h3-5,13-14,18H,1-2,6-10H2,(H,27,31)(H,28,32). The maximum Gasteiger partial charge on any atom is 0.411 e. The Kier molecular flexibility index (Phi) is 6.20. The van der Waals surface area contributed by atoms with Crippen molar-refractivity contribution < 1.29 is 40.7 Å². The van der Waals surface area contributed by atoms with Gasteiger partial charge in [-0.05, 0) is 25.3 Å². The summed E-state index contributed by atoms with van der Waals surface area (Å²) in [5.74, 6) is -2.43. The van der Waals surface area contributed by atoms with Crippen molar-refractivity contribution in [2.45, 2.75) is 49.7 Å². The van der Waals surface area contributed by atoms with Crippen molar-refractivity contribution in [1.29, 1.82) is 0 Å². The molecule has 2 atom stereocenters. The summed E-state index contributed by atoms with van der Waals surface area (Å²) in [6.07, 6.45) is -4.03. The van der Waals surface area contributed by atoms with Crippen LogP contribution >= 0.6 is 0 Å². The highest BCUT2D eigenvalue weighted by Gasteiger charge is 2.64. The minimum atomic E-state index is -4.47. The van der Waals surface area contributed by atoms with Crippen LogP contribution in [0.3, 0.4) is 0 Å². The molecule has 2 N–H and O–H groups in total. The number of carbonyl (C=O) groups excluding carboxylic acids is 2. The van der Waals surface area contributed by atoms with Crippen molar-refractivity contribution in [2.75, 3.05) is 31.5 Å². The van der Waals surface area contributed by atoms with E-state index in [4.69, 9.17) is 0 Å². The van der Waals surface area contributed by atoms with Crippen LogP contribution < -0.4 is 15.4 Å². The van der Waals surface area contributed by atoms with Gasteiger partial charge in [-0.15, -0.1) is 0 Å². The quantitative estimate of drug-likeness (QED) is 0.559. The molecule has 2 aliphatic heterocycles. The Labute approximate surface area is 185 Å². The zero-order valence-electron chi connectivity index (χ0n) is 17.3. The van der Waals surface area contributed by atoms with E-state index in [-0.39, 0.29) is 43.7 Å². The number of hydrogen-bond donors (Lipinski definition) is 2. The molecule has 0 radical (unpaired) electrons. The third kappa shape index (κ3) is 5.35. The van der Waals surface area contributed by atoms with Gasteiger partial charge < -0.3 is 15.4 Å². The highest BCUT2D eigenvalue weighted by Crippen LogP contribution is 2.48. The average Bonchev–Trinajstić information content (AvgIpc) is 3.21. The first-order chi connectivity index (χ1) is 15.4. The normalized spacial score (nSPS) is 24.2. The van der Waals surface area contributed by atoms with Crippen LogP contribution in [0.4, 0.5) is 32.0 Å². The molecule has 0 aromatic heterocycles. The summed E-state index contributed by atoms with van der Waals surface area (Å²) in [6, 6.07) is 2.69. The number of piperazine rings is 1. The molecule has 2 bridgehead atoms. The summed E-state index contributed by atoms with van der Waals surface area (Å²) < 4.78 is 81.4. The molecule has 7 nitrogen and oxygen atoms in total. The number of rotatable bonds is 8. The number of halogens is 6. The number of anilines is 1. The van der Waals surface area contributed by atoms with E-state index in [0.717, 1.165) is 18.2 Å². The van der Waals surface area contributed by atoms with Crippen molar-refractivity contribution in [1.82, 2.24) is 15.1 Å². The van der Waals surface area contributed by atoms with Crippen LogP contribution in [-0.4, -0.2) is 78.2 Å². The number of benzene rings is 1. The molecule has 182 valence electrons. The predicted molar refractivity (Wildman–Crippen MR) is 103 cm³/mol. The van der Waals surface area contributed by atoms with Crippen LogP contribution in [0, 0.1) is 5.82 Å². The zero-order chi connectivity index (χ0) is 24.0. The molecule has 33 heavy (non-hydrogen) atoms. The molecule has 2 saturated heterocycles. The van der Waals surface area contributed by atoms with Gasteiger partial charge >= 0.3 is 12.8 Å². The number of nitrogens with one attached hydrogen (secondary N) is 2. The second-order valence-electron chi connectivity index (χ2n) is 8.63. The molecule has 3 aliphatic rings. The molecule has 1 aromatic rings. The Balaban J connectivity index is 1.25. The Morgan fingerprint density at radius 1 is 1.06 bits per heavy atom. The Morgan fingerprint density at radius 2 is 1.67 bits per heavy atom. The van der Waals surface area contributed by atoms with Crippen molar-refractivity contribution in [2.24, 2.45) is 0 Å². The summed E-state index contributed by atoms with van der Waals surface area (Å²) in [4.78, 5) is 28.2. The molecular formula is C20H22F6N4O3. The van der Waals surface area contributed by atoms with E-state index >= 15 is 0 Å². The van der Waals surface area contributed by atoms with E-state index in [1.165, 1.54) is 0 Å². The highest BCUT2D eigenvalue weighted by atomic mass is 19.4. The zero-order valence-corrected chi connectivity index (χ0v) is 17.3. The number of likely N-dealkylation sites (tertiary alicyclic amines) is 2. The van der Waals surface area contributed by atoms with E-state index in [9.17, 15) is 35.9 Å². The third-order valence-corrected chi connectivity index (χ3v) is 6.21. The first kappa shape index (κ1) is 23.6. The molecule has 1 aliphatic carbocycles. The Morgan fingerprint density at radius 3 is 2.18 bits per heavy atom. The first-order valence-corrected chi connectivity index (χ1v) is 10.4. The Bertz CT molecular complexity index is 924. The van der Waals surface area contributed by atoms with Crippen molar-refractivity contribution in [3.63, 3.8) is 0 Å². The second kappa shape index (κ2) is 8.67. The number of carbonyl (C=O) groups is 2. The number of amides is 2. The molecular weight excluding hydrogens is 458 g/mol. The third-order valence-electron chi connectivity index (χ3n) is 6.21. The van der Waals surface area contributed by atoms with E-state index in [0.29, 0.717) is 19.5 Å². The molecule has 4 rings (SSSR count). The van der Waals surface area contributed by atoms with Gasteiger partial charge in [-0.1, -0.05) is 0 Å². The Hall–Kier alpha value is -2.54. The minimum absolute atomic E-state index is 0.0306. The summed E-state index contributed by atoms with van der Waals surface area (Å²) >= 11 is 0. The van der Waals surface area contributed by atoms with Gasteiger partial charge in [0.25, 0.3) is 0 Å². The molecule has 3 fully saturated rings. The molecule has 2 heterocycles. The molecule has 2 amide bonds. The number of hydrogen-bond acceptors (Lipinski definition) is 5. The van der Waals surface area contributed by atoms with Gasteiger partial charge in [0.2, 0.25) is 11.8 Å². The summed E-state index contributed by atoms with van der Waals surface area (Å²) in [7, 11) is 0. The van der Waals surface area contributed by atoms with E-state index < -0.39 is 41.7 Å².